The maximum Gasteiger partial charge on any atom is 0.587 e. The summed E-state index contributed by atoms with van der Waals surface area (Å²) in [5.41, 5.74) is 0. The van der Waals surface area contributed by atoms with Gasteiger partial charge in [0.25, 0.3) is 0 Å². The van der Waals surface area contributed by atoms with Gasteiger partial charge in [0.1, 0.15) is 11.5 Å². The van der Waals surface area contributed by atoms with Gasteiger partial charge in [0.05, 0.1) is 6.61 Å². The minimum Gasteiger partial charge on any atom is -0.395 e. The van der Waals surface area contributed by atoms with E-state index in [0.717, 1.165) is 12.8 Å². The van der Waals surface area contributed by atoms with Gasteiger partial charge in [0, 0.05) is 0 Å². The molecular formula is C32H51O4P. The predicted molar refractivity (Wildman–Crippen MR) is 156 cm³/mol. The second-order valence-electron chi connectivity index (χ2n) is 10.2. The summed E-state index contributed by atoms with van der Waals surface area (Å²) in [6.45, 7) is 4.91. The van der Waals surface area contributed by atoms with E-state index < -0.39 is 7.82 Å². The van der Waals surface area contributed by atoms with Crippen LogP contribution in [0.2, 0.25) is 0 Å². The van der Waals surface area contributed by atoms with Crippen molar-refractivity contribution in [3.63, 3.8) is 0 Å². The molecule has 2 aromatic rings. The lowest BCUT2D eigenvalue weighted by atomic mass is 9.95. The van der Waals surface area contributed by atoms with Gasteiger partial charge in [-0.1, -0.05) is 140 Å². The summed E-state index contributed by atoms with van der Waals surface area (Å²) in [4.78, 5) is 0. The molecule has 2 aromatic carbocycles. The van der Waals surface area contributed by atoms with Crippen LogP contribution < -0.4 is 9.05 Å². The molecule has 1 atom stereocenters. The summed E-state index contributed by atoms with van der Waals surface area (Å²) in [6.07, 6.45) is 20.3. The molecule has 0 aromatic heterocycles. The standard InChI is InChI=1S/C32H51O4P/c1-3-5-7-9-11-12-14-18-24-30(23-17-13-10-8-6-4-2)29-34-37(33,35-31-25-19-15-20-26-31)36-32-27-21-16-22-28-32/h15-16,19-22,25-28,30H,3-14,17-18,23-24,29H2,1-2H3. The Labute approximate surface area is 227 Å². The number of phosphoric ester groups is 1. The monoisotopic (exact) mass is 530 g/mol. The zero-order valence-corrected chi connectivity index (χ0v) is 24.3. The number of hydrogen-bond donors (Lipinski definition) is 0. The first-order valence-corrected chi connectivity index (χ1v) is 16.3. The average Bonchev–Trinajstić information content (AvgIpc) is 2.91. The highest BCUT2D eigenvalue weighted by molar-refractivity contribution is 7.49. The van der Waals surface area contributed by atoms with Crippen LogP contribution >= 0.6 is 7.82 Å². The third kappa shape index (κ3) is 15.3. The van der Waals surface area contributed by atoms with Gasteiger partial charge < -0.3 is 9.05 Å². The van der Waals surface area contributed by atoms with Crippen LogP contribution in [-0.4, -0.2) is 6.61 Å². The maximum absolute atomic E-state index is 13.7. The molecule has 0 saturated carbocycles. The van der Waals surface area contributed by atoms with Crippen LogP contribution in [0.3, 0.4) is 0 Å². The van der Waals surface area contributed by atoms with Crippen molar-refractivity contribution in [3.8, 4) is 11.5 Å². The van der Waals surface area contributed by atoms with Crippen molar-refractivity contribution in [1.29, 1.82) is 0 Å². The van der Waals surface area contributed by atoms with E-state index in [0.29, 0.717) is 24.0 Å². The first kappa shape index (κ1) is 31.4. The van der Waals surface area contributed by atoms with Crippen molar-refractivity contribution < 1.29 is 18.1 Å². The fourth-order valence-corrected chi connectivity index (χ4v) is 5.88. The van der Waals surface area contributed by atoms with Gasteiger partial charge >= 0.3 is 7.82 Å². The van der Waals surface area contributed by atoms with Crippen LogP contribution in [0.1, 0.15) is 117 Å². The Kier molecular flexibility index (Phi) is 17.2. The molecule has 0 N–H and O–H groups in total. The fraction of sp³-hybridized carbons (Fsp3) is 0.625. The van der Waals surface area contributed by atoms with Crippen molar-refractivity contribution in [2.75, 3.05) is 6.61 Å². The van der Waals surface area contributed by atoms with Gasteiger partial charge in [-0.15, -0.1) is 0 Å². The van der Waals surface area contributed by atoms with Gasteiger partial charge in [-0.3, -0.25) is 4.52 Å². The minimum atomic E-state index is -3.83. The molecule has 0 saturated heterocycles. The molecule has 4 nitrogen and oxygen atoms in total. The SMILES string of the molecule is CCCCCCCCCCC(CCCCCCCC)COP(=O)(Oc1ccccc1)Oc1ccccc1. The molecule has 0 radical (unpaired) electrons. The molecule has 5 heteroatoms. The molecule has 2 rings (SSSR count). The van der Waals surface area contributed by atoms with Crippen LogP contribution in [0.4, 0.5) is 0 Å². The smallest absolute Gasteiger partial charge is 0.395 e. The molecule has 208 valence electrons. The second kappa shape index (κ2) is 20.2. The molecule has 0 amide bonds. The van der Waals surface area contributed by atoms with Crippen molar-refractivity contribution in [1.82, 2.24) is 0 Å². The number of phosphoric acid groups is 1. The van der Waals surface area contributed by atoms with Crippen molar-refractivity contribution >= 4 is 7.82 Å². The molecule has 37 heavy (non-hydrogen) atoms. The lowest BCUT2D eigenvalue weighted by Crippen LogP contribution is -2.13. The summed E-state index contributed by atoms with van der Waals surface area (Å²) in [5, 5.41) is 0. The molecule has 1 unspecified atom stereocenters. The van der Waals surface area contributed by atoms with Crippen LogP contribution in [0.15, 0.2) is 60.7 Å². The zero-order chi connectivity index (χ0) is 26.4. The van der Waals surface area contributed by atoms with Crippen LogP contribution in [0.5, 0.6) is 11.5 Å². The normalized spacial score (nSPS) is 12.4. The summed E-state index contributed by atoms with van der Waals surface area (Å²) >= 11 is 0. The second-order valence-corrected chi connectivity index (χ2v) is 11.8. The fourth-order valence-electron chi connectivity index (χ4n) is 4.58. The Morgan fingerprint density at radius 3 is 1.35 bits per heavy atom. The lowest BCUT2D eigenvalue weighted by molar-refractivity contribution is 0.166. The average molecular weight is 531 g/mol. The van der Waals surface area contributed by atoms with Gasteiger partial charge in [-0.2, -0.15) is 0 Å². The van der Waals surface area contributed by atoms with E-state index in [4.69, 9.17) is 13.6 Å². The highest BCUT2D eigenvalue weighted by atomic mass is 31.2. The zero-order valence-electron chi connectivity index (χ0n) is 23.5. The third-order valence-electron chi connectivity index (χ3n) is 6.82. The quantitative estimate of drug-likeness (QED) is 0.106. The Balaban J connectivity index is 1.92. The maximum atomic E-state index is 13.7. The van der Waals surface area contributed by atoms with Crippen molar-refractivity contribution in [3.05, 3.63) is 60.7 Å². The van der Waals surface area contributed by atoms with Gasteiger partial charge in [-0.25, -0.2) is 4.57 Å². The number of rotatable bonds is 23. The molecule has 0 aliphatic heterocycles. The number of para-hydroxylation sites is 2. The molecular weight excluding hydrogens is 479 g/mol. The van der Waals surface area contributed by atoms with Gasteiger partial charge in [0.2, 0.25) is 0 Å². The number of benzene rings is 2. The van der Waals surface area contributed by atoms with Crippen LogP contribution in [0, 0.1) is 5.92 Å². The Morgan fingerprint density at radius 2 is 0.946 bits per heavy atom. The number of hydrogen-bond acceptors (Lipinski definition) is 4. The minimum absolute atomic E-state index is 0.360. The molecule has 0 heterocycles. The molecule has 0 aliphatic carbocycles. The third-order valence-corrected chi connectivity index (χ3v) is 8.16. The molecule has 0 bridgehead atoms. The van der Waals surface area contributed by atoms with E-state index in [1.807, 2.05) is 36.4 Å². The summed E-state index contributed by atoms with van der Waals surface area (Å²) in [7, 11) is -3.83. The van der Waals surface area contributed by atoms with E-state index in [-0.39, 0.29) is 0 Å². The highest BCUT2D eigenvalue weighted by Gasteiger charge is 2.32. The number of unbranched alkanes of at least 4 members (excludes halogenated alkanes) is 12. The summed E-state index contributed by atoms with van der Waals surface area (Å²) in [6, 6.07) is 18.3. The van der Waals surface area contributed by atoms with Crippen LogP contribution in [0.25, 0.3) is 0 Å². The van der Waals surface area contributed by atoms with E-state index in [2.05, 4.69) is 13.8 Å². The van der Waals surface area contributed by atoms with E-state index >= 15 is 0 Å². The van der Waals surface area contributed by atoms with E-state index in [1.54, 1.807) is 24.3 Å². The van der Waals surface area contributed by atoms with Crippen molar-refractivity contribution in [2.45, 2.75) is 117 Å². The first-order chi connectivity index (χ1) is 18.1. The molecule has 0 fully saturated rings. The Morgan fingerprint density at radius 1 is 0.568 bits per heavy atom. The van der Waals surface area contributed by atoms with Gasteiger partial charge in [-0.05, 0) is 43.0 Å². The van der Waals surface area contributed by atoms with Crippen molar-refractivity contribution in [2.24, 2.45) is 5.92 Å². The van der Waals surface area contributed by atoms with Crippen LogP contribution in [-0.2, 0) is 9.09 Å². The largest absolute Gasteiger partial charge is 0.587 e. The lowest BCUT2D eigenvalue weighted by Gasteiger charge is -2.22. The predicted octanol–water partition coefficient (Wildman–Crippen LogP) is 11.2. The molecule has 0 spiro atoms. The summed E-state index contributed by atoms with van der Waals surface area (Å²) < 4.78 is 31.4. The van der Waals surface area contributed by atoms with E-state index in [1.165, 1.54) is 89.9 Å². The first-order valence-electron chi connectivity index (χ1n) is 14.9. The highest BCUT2D eigenvalue weighted by Crippen LogP contribution is 2.50. The topological polar surface area (TPSA) is 44.8 Å². The van der Waals surface area contributed by atoms with Gasteiger partial charge in [0.15, 0.2) is 0 Å². The Bertz CT molecular complexity index is 782. The van der Waals surface area contributed by atoms with E-state index in [9.17, 15) is 4.57 Å². The summed E-state index contributed by atoms with van der Waals surface area (Å²) in [5.74, 6) is 1.33. The molecule has 0 aliphatic rings. The Hall–Kier alpha value is -1.77.